The number of carbonyl (C=O) groups excluding carboxylic acids is 1. The summed E-state index contributed by atoms with van der Waals surface area (Å²) in [6.07, 6.45) is 1.28. The van der Waals surface area contributed by atoms with Crippen LogP contribution < -0.4 is 0 Å². The van der Waals surface area contributed by atoms with Crippen LogP contribution in [-0.4, -0.2) is 39.0 Å². The number of rotatable bonds is 7. The summed E-state index contributed by atoms with van der Waals surface area (Å²) in [5, 5.41) is 9.47. The summed E-state index contributed by atoms with van der Waals surface area (Å²) < 4.78 is 28.6. The molecule has 1 N–H and O–H groups in total. The molecule has 2 rings (SSSR count). The Bertz CT molecular complexity index is 924. The Morgan fingerprint density at radius 2 is 1.52 bits per heavy atom. The third kappa shape index (κ3) is 5.28. The van der Waals surface area contributed by atoms with Gasteiger partial charge in [-0.05, 0) is 42.7 Å². The van der Waals surface area contributed by atoms with Gasteiger partial charge in [-0.25, -0.2) is 13.2 Å². The zero-order valence-corrected chi connectivity index (χ0v) is 16.5. The van der Waals surface area contributed by atoms with Gasteiger partial charge in [0.2, 0.25) is 0 Å². The van der Waals surface area contributed by atoms with E-state index in [0.717, 1.165) is 17.4 Å². The Morgan fingerprint density at radius 3 is 1.96 bits per heavy atom. The van der Waals surface area contributed by atoms with Crippen LogP contribution in [0.3, 0.4) is 0 Å². The molecular formula is C21H24O5S. The molecular weight excluding hydrogens is 364 g/mol. The van der Waals surface area contributed by atoms with E-state index >= 15 is 0 Å². The van der Waals surface area contributed by atoms with Gasteiger partial charge in [0.1, 0.15) is 0 Å². The fourth-order valence-corrected chi connectivity index (χ4v) is 3.39. The van der Waals surface area contributed by atoms with Crippen LogP contribution in [0.5, 0.6) is 0 Å². The lowest BCUT2D eigenvalue weighted by Gasteiger charge is -2.16. The van der Waals surface area contributed by atoms with E-state index in [1.54, 1.807) is 19.1 Å². The Labute approximate surface area is 160 Å². The number of hydrogen-bond acceptors (Lipinski definition) is 5. The second-order valence-electron chi connectivity index (χ2n) is 6.21. The number of aliphatic hydroxyl groups is 1. The average Bonchev–Trinajstić information content (AvgIpc) is 2.62. The van der Waals surface area contributed by atoms with Crippen molar-refractivity contribution in [1.29, 1.82) is 0 Å². The third-order valence-corrected chi connectivity index (χ3v) is 5.23. The number of ether oxygens (including phenoxy) is 1. The van der Waals surface area contributed by atoms with E-state index < -0.39 is 15.8 Å². The van der Waals surface area contributed by atoms with Gasteiger partial charge in [-0.1, -0.05) is 42.0 Å². The molecule has 5 nitrogen and oxygen atoms in total. The van der Waals surface area contributed by atoms with Crippen molar-refractivity contribution in [3.8, 4) is 0 Å². The van der Waals surface area contributed by atoms with Crippen molar-refractivity contribution in [2.75, 3.05) is 19.5 Å². The van der Waals surface area contributed by atoms with Gasteiger partial charge in [0.25, 0.3) is 0 Å². The van der Waals surface area contributed by atoms with E-state index in [1.807, 2.05) is 31.2 Å². The minimum atomic E-state index is -3.32. The molecule has 0 aliphatic carbocycles. The maximum absolute atomic E-state index is 12.5. The highest BCUT2D eigenvalue weighted by Gasteiger charge is 2.20. The van der Waals surface area contributed by atoms with E-state index in [2.05, 4.69) is 0 Å². The van der Waals surface area contributed by atoms with Gasteiger partial charge in [0, 0.05) is 24.9 Å². The van der Waals surface area contributed by atoms with Crippen LogP contribution in [0, 0.1) is 6.92 Å². The first kappa shape index (κ1) is 20.9. The van der Waals surface area contributed by atoms with Crippen LogP contribution in [0.1, 0.15) is 30.0 Å². The first-order valence-corrected chi connectivity index (χ1v) is 10.6. The number of sulfone groups is 1. The van der Waals surface area contributed by atoms with E-state index in [1.165, 1.54) is 12.1 Å². The second kappa shape index (κ2) is 8.97. The molecule has 2 aromatic rings. The molecule has 0 atom stereocenters. The fraction of sp³-hybridized carbons (Fsp3) is 0.286. The lowest BCUT2D eigenvalue weighted by atomic mass is 9.91. The number of hydrogen-bond donors (Lipinski definition) is 1. The van der Waals surface area contributed by atoms with Gasteiger partial charge in [-0.2, -0.15) is 0 Å². The Hall–Kier alpha value is -2.44. The van der Waals surface area contributed by atoms with Gasteiger partial charge < -0.3 is 9.84 Å². The first-order valence-electron chi connectivity index (χ1n) is 8.66. The molecule has 0 radical (unpaired) electrons. The molecule has 144 valence electrons. The number of esters is 1. The van der Waals surface area contributed by atoms with E-state index in [9.17, 15) is 18.3 Å². The lowest BCUT2D eigenvalue weighted by Crippen LogP contribution is -2.12. The summed E-state index contributed by atoms with van der Waals surface area (Å²) in [4.78, 5) is 12.7. The summed E-state index contributed by atoms with van der Waals surface area (Å²) in [6, 6.07) is 14.0. The maximum Gasteiger partial charge on any atom is 0.334 e. The van der Waals surface area contributed by atoms with Crippen molar-refractivity contribution >= 4 is 21.4 Å². The highest BCUT2D eigenvalue weighted by atomic mass is 32.2. The Morgan fingerprint density at radius 1 is 1.00 bits per heavy atom. The summed E-state index contributed by atoms with van der Waals surface area (Å²) in [5.74, 6) is -0.491. The molecule has 0 aliphatic rings. The predicted octanol–water partition coefficient (Wildman–Crippen LogP) is 3.15. The van der Waals surface area contributed by atoms with Crippen molar-refractivity contribution in [1.82, 2.24) is 0 Å². The molecule has 0 spiro atoms. The molecule has 0 aliphatic heterocycles. The average molecular weight is 388 g/mol. The summed E-state index contributed by atoms with van der Waals surface area (Å²) in [7, 11) is -3.32. The maximum atomic E-state index is 12.5. The highest BCUT2D eigenvalue weighted by molar-refractivity contribution is 7.90. The van der Waals surface area contributed by atoms with E-state index in [-0.39, 0.29) is 24.5 Å². The van der Waals surface area contributed by atoms with Gasteiger partial charge >= 0.3 is 5.97 Å². The predicted molar refractivity (Wildman–Crippen MR) is 105 cm³/mol. The molecule has 0 aromatic heterocycles. The van der Waals surface area contributed by atoms with E-state index in [0.29, 0.717) is 16.7 Å². The molecule has 0 unspecified atom stereocenters. The largest absolute Gasteiger partial charge is 0.463 e. The van der Waals surface area contributed by atoms with E-state index in [4.69, 9.17) is 4.74 Å². The zero-order valence-electron chi connectivity index (χ0n) is 15.7. The smallest absolute Gasteiger partial charge is 0.334 e. The first-order chi connectivity index (χ1) is 12.8. The van der Waals surface area contributed by atoms with Gasteiger partial charge in [-0.15, -0.1) is 0 Å². The van der Waals surface area contributed by atoms with Crippen molar-refractivity contribution in [2.24, 2.45) is 0 Å². The normalized spacial score (nSPS) is 12.4. The van der Waals surface area contributed by atoms with Crippen LogP contribution in [0.2, 0.25) is 0 Å². The molecule has 2 aromatic carbocycles. The van der Waals surface area contributed by atoms with Crippen LogP contribution in [0.15, 0.2) is 59.0 Å². The molecule has 6 heteroatoms. The third-order valence-electron chi connectivity index (χ3n) is 4.10. The minimum absolute atomic E-state index is 0.135. The lowest BCUT2D eigenvalue weighted by molar-refractivity contribution is -0.138. The standard InChI is InChI=1S/C21H24O5S/c1-4-26-21(23)19(13-14-22)20(16-7-5-15(2)6-8-16)17-9-11-18(12-10-17)27(3,24)25/h5-12,22H,4,13-14H2,1-3H3/b20-19-. The van der Waals surface area contributed by atoms with Crippen molar-refractivity contribution in [3.05, 3.63) is 70.8 Å². The number of aliphatic hydroxyl groups excluding tert-OH is 1. The molecule has 0 amide bonds. The van der Waals surface area contributed by atoms with Crippen LogP contribution in [-0.2, 0) is 19.4 Å². The molecule has 0 saturated carbocycles. The van der Waals surface area contributed by atoms with Crippen molar-refractivity contribution in [2.45, 2.75) is 25.2 Å². The molecule has 0 bridgehead atoms. The van der Waals surface area contributed by atoms with Crippen LogP contribution in [0.25, 0.3) is 5.57 Å². The number of benzene rings is 2. The van der Waals surface area contributed by atoms with Crippen molar-refractivity contribution < 1.29 is 23.1 Å². The molecule has 0 fully saturated rings. The Kier molecular flexibility index (Phi) is 6.93. The molecule has 0 saturated heterocycles. The van der Waals surface area contributed by atoms with Gasteiger partial charge in [0.05, 0.1) is 11.5 Å². The second-order valence-corrected chi connectivity index (χ2v) is 8.23. The van der Waals surface area contributed by atoms with Gasteiger partial charge in [-0.3, -0.25) is 0 Å². The summed E-state index contributed by atoms with van der Waals surface area (Å²) in [5.41, 5.74) is 3.54. The zero-order chi connectivity index (χ0) is 20.0. The molecule has 27 heavy (non-hydrogen) atoms. The molecule has 0 heterocycles. The SMILES string of the molecule is CCOC(=O)/C(CCO)=C(/c1ccc(C)cc1)c1ccc(S(C)(=O)=O)cc1. The van der Waals surface area contributed by atoms with Crippen molar-refractivity contribution in [3.63, 3.8) is 0 Å². The summed E-state index contributed by atoms with van der Waals surface area (Å²) >= 11 is 0. The summed E-state index contributed by atoms with van der Waals surface area (Å²) in [6.45, 7) is 3.71. The topological polar surface area (TPSA) is 80.7 Å². The Balaban J connectivity index is 2.70. The van der Waals surface area contributed by atoms with Gasteiger partial charge in [0.15, 0.2) is 9.84 Å². The number of carbonyl (C=O) groups is 1. The highest BCUT2D eigenvalue weighted by Crippen LogP contribution is 2.30. The monoisotopic (exact) mass is 388 g/mol. The number of aryl methyl sites for hydroxylation is 1. The minimum Gasteiger partial charge on any atom is -0.463 e. The van der Waals surface area contributed by atoms with Crippen LogP contribution in [0.4, 0.5) is 0 Å². The van der Waals surface area contributed by atoms with Crippen LogP contribution >= 0.6 is 0 Å². The quantitative estimate of drug-likeness (QED) is 0.582. The fourth-order valence-electron chi connectivity index (χ4n) is 2.76.